The predicted molar refractivity (Wildman–Crippen MR) is 82.0 cm³/mol. The van der Waals surface area contributed by atoms with Crippen LogP contribution in [0.2, 0.25) is 0 Å². The van der Waals surface area contributed by atoms with E-state index in [-0.39, 0.29) is 11.9 Å². The quantitative estimate of drug-likeness (QED) is 0.476. The maximum atomic E-state index is 12.4. The van der Waals surface area contributed by atoms with Crippen molar-refractivity contribution in [2.75, 3.05) is 0 Å². The number of fused-ring (bicyclic) bond motifs is 3. The number of hydrogen-bond acceptors (Lipinski definition) is 3. The molecule has 0 radical (unpaired) electrons. The van der Waals surface area contributed by atoms with E-state index in [2.05, 4.69) is 12.2 Å². The van der Waals surface area contributed by atoms with Gasteiger partial charge in [-0.25, -0.2) is 0 Å². The van der Waals surface area contributed by atoms with Crippen LogP contribution in [-0.4, -0.2) is 16.5 Å². The van der Waals surface area contributed by atoms with E-state index in [4.69, 9.17) is 4.74 Å². The number of carbonyl (C=O) groups is 1. The van der Waals surface area contributed by atoms with E-state index >= 15 is 0 Å². The first-order chi connectivity index (χ1) is 9.81. The zero-order valence-electron chi connectivity index (χ0n) is 10.9. The van der Waals surface area contributed by atoms with Crippen molar-refractivity contribution in [3.8, 4) is 5.75 Å². The number of ether oxygens (including phenoxy) is 1. The molecule has 1 fully saturated rings. The minimum Gasteiger partial charge on any atom is -0.426 e. The molecule has 2 aliphatic rings. The third kappa shape index (κ3) is 1.93. The summed E-state index contributed by atoms with van der Waals surface area (Å²) in [5.41, 5.74) is 0. The Morgan fingerprint density at radius 1 is 1.10 bits per heavy atom. The molecule has 2 aliphatic heterocycles. The van der Waals surface area contributed by atoms with E-state index < -0.39 is 0 Å². The van der Waals surface area contributed by atoms with E-state index in [0.29, 0.717) is 16.2 Å². The second-order valence-electron chi connectivity index (χ2n) is 5.26. The molecule has 20 heavy (non-hydrogen) atoms. The van der Waals surface area contributed by atoms with Gasteiger partial charge in [0.1, 0.15) is 5.75 Å². The molecule has 2 nitrogen and oxygen atoms in total. The molecule has 100 valence electrons. The molecule has 0 spiro atoms. The van der Waals surface area contributed by atoms with Gasteiger partial charge >= 0.3 is 5.97 Å². The first-order valence-electron chi connectivity index (χ1n) is 6.84. The first kappa shape index (κ1) is 12.0. The van der Waals surface area contributed by atoms with Crippen LogP contribution in [0.3, 0.4) is 0 Å². The highest BCUT2D eigenvalue weighted by Crippen LogP contribution is 2.45. The predicted octanol–water partition coefficient (Wildman–Crippen LogP) is 3.81. The van der Waals surface area contributed by atoms with Gasteiger partial charge in [-0.05, 0) is 17.9 Å². The van der Waals surface area contributed by atoms with Crippen LogP contribution in [0.15, 0.2) is 54.6 Å². The van der Waals surface area contributed by atoms with Crippen molar-refractivity contribution in [3.05, 3.63) is 54.6 Å². The van der Waals surface area contributed by atoms with Gasteiger partial charge in [-0.1, -0.05) is 48.6 Å². The van der Waals surface area contributed by atoms with Gasteiger partial charge in [0.15, 0.2) is 0 Å². The molecule has 0 N–H and O–H groups in total. The summed E-state index contributed by atoms with van der Waals surface area (Å²) in [4.78, 5) is 12.4. The molecule has 3 atom stereocenters. The van der Waals surface area contributed by atoms with Crippen molar-refractivity contribution < 1.29 is 9.53 Å². The molecule has 0 aromatic heterocycles. The molecule has 4 rings (SSSR count). The lowest BCUT2D eigenvalue weighted by atomic mass is 9.95. The SMILES string of the molecule is O=C(Oc1cccc2ccccc12)C1CC2C=CC1S2. The van der Waals surface area contributed by atoms with Crippen molar-refractivity contribution in [2.24, 2.45) is 5.92 Å². The molecule has 2 aromatic rings. The topological polar surface area (TPSA) is 26.3 Å². The summed E-state index contributed by atoms with van der Waals surface area (Å²) in [5, 5.41) is 2.90. The van der Waals surface area contributed by atoms with Gasteiger partial charge in [0.2, 0.25) is 0 Å². The average molecular weight is 282 g/mol. The fourth-order valence-corrected chi connectivity index (χ4v) is 4.47. The third-order valence-electron chi connectivity index (χ3n) is 3.99. The number of thioether (sulfide) groups is 1. The molecule has 2 heterocycles. The number of rotatable bonds is 2. The lowest BCUT2D eigenvalue weighted by Gasteiger charge is -2.16. The zero-order chi connectivity index (χ0) is 13.5. The van der Waals surface area contributed by atoms with Crippen LogP contribution in [0.1, 0.15) is 6.42 Å². The molecule has 0 aliphatic carbocycles. The molecular formula is C17H14O2S. The Morgan fingerprint density at radius 3 is 2.75 bits per heavy atom. The summed E-state index contributed by atoms with van der Waals surface area (Å²) in [6.45, 7) is 0. The lowest BCUT2D eigenvalue weighted by molar-refractivity contribution is -0.138. The Morgan fingerprint density at radius 2 is 1.95 bits per heavy atom. The molecule has 2 aromatic carbocycles. The van der Waals surface area contributed by atoms with Crippen LogP contribution in [0.25, 0.3) is 10.8 Å². The molecule has 0 saturated carbocycles. The van der Waals surface area contributed by atoms with Gasteiger partial charge in [0, 0.05) is 15.9 Å². The van der Waals surface area contributed by atoms with Gasteiger partial charge in [-0.15, -0.1) is 11.8 Å². The average Bonchev–Trinajstić information content (AvgIpc) is 3.10. The molecule has 3 unspecified atom stereocenters. The number of hydrogen-bond donors (Lipinski definition) is 0. The highest BCUT2D eigenvalue weighted by atomic mass is 32.2. The first-order valence-corrected chi connectivity index (χ1v) is 7.79. The van der Waals surface area contributed by atoms with E-state index in [9.17, 15) is 4.79 Å². The van der Waals surface area contributed by atoms with Crippen molar-refractivity contribution in [3.63, 3.8) is 0 Å². The van der Waals surface area contributed by atoms with E-state index in [0.717, 1.165) is 17.2 Å². The Kier molecular flexibility index (Phi) is 2.81. The maximum Gasteiger partial charge on any atom is 0.315 e. The molecular weight excluding hydrogens is 268 g/mol. The van der Waals surface area contributed by atoms with E-state index in [1.165, 1.54) is 0 Å². The standard InChI is InChI=1S/C17H14O2S/c18-17(14-10-12-8-9-16(14)20-12)19-15-7-3-5-11-4-1-2-6-13(11)15/h1-9,12,14,16H,10H2. The number of carbonyl (C=O) groups excluding carboxylic acids is 1. The van der Waals surface area contributed by atoms with Gasteiger partial charge in [0.05, 0.1) is 5.92 Å². The Hall–Kier alpha value is -1.74. The fraction of sp³-hybridized carbons (Fsp3) is 0.235. The molecule has 3 heteroatoms. The fourth-order valence-electron chi connectivity index (χ4n) is 2.97. The second kappa shape index (κ2) is 4.67. The normalized spacial score (nSPS) is 27.1. The molecule has 2 bridgehead atoms. The Balaban J connectivity index is 1.62. The monoisotopic (exact) mass is 282 g/mol. The summed E-state index contributed by atoms with van der Waals surface area (Å²) in [5.74, 6) is 0.588. The number of benzene rings is 2. The molecule has 1 saturated heterocycles. The summed E-state index contributed by atoms with van der Waals surface area (Å²) >= 11 is 1.87. The van der Waals surface area contributed by atoms with Crippen LogP contribution in [0.5, 0.6) is 5.75 Å². The van der Waals surface area contributed by atoms with Crippen LogP contribution in [0.4, 0.5) is 0 Å². The van der Waals surface area contributed by atoms with Crippen molar-refractivity contribution in [2.45, 2.75) is 16.9 Å². The minimum atomic E-state index is -0.0919. The summed E-state index contributed by atoms with van der Waals surface area (Å²) in [6, 6.07) is 13.8. The van der Waals surface area contributed by atoms with Crippen molar-refractivity contribution in [1.29, 1.82) is 0 Å². The van der Waals surface area contributed by atoms with Gasteiger partial charge in [-0.3, -0.25) is 4.79 Å². The second-order valence-corrected chi connectivity index (χ2v) is 6.69. The van der Waals surface area contributed by atoms with Crippen LogP contribution in [-0.2, 0) is 4.79 Å². The Labute approximate surface area is 121 Å². The van der Waals surface area contributed by atoms with E-state index in [1.54, 1.807) is 0 Å². The summed E-state index contributed by atoms with van der Waals surface area (Å²) in [7, 11) is 0. The van der Waals surface area contributed by atoms with Crippen molar-refractivity contribution >= 4 is 28.5 Å². The zero-order valence-corrected chi connectivity index (χ0v) is 11.7. The third-order valence-corrected chi connectivity index (χ3v) is 5.49. The highest BCUT2D eigenvalue weighted by molar-refractivity contribution is 8.01. The smallest absolute Gasteiger partial charge is 0.315 e. The van der Waals surface area contributed by atoms with Crippen molar-refractivity contribution in [1.82, 2.24) is 0 Å². The highest BCUT2D eigenvalue weighted by Gasteiger charge is 2.41. The minimum absolute atomic E-state index is 0.00830. The van der Waals surface area contributed by atoms with Gasteiger partial charge in [-0.2, -0.15) is 0 Å². The molecule has 0 amide bonds. The lowest BCUT2D eigenvalue weighted by Crippen LogP contribution is -2.26. The van der Waals surface area contributed by atoms with Gasteiger partial charge in [0.25, 0.3) is 0 Å². The Bertz CT molecular complexity index is 702. The van der Waals surface area contributed by atoms with Crippen LogP contribution in [0, 0.1) is 5.92 Å². The number of esters is 1. The van der Waals surface area contributed by atoms with Gasteiger partial charge < -0.3 is 4.74 Å². The maximum absolute atomic E-state index is 12.4. The summed E-state index contributed by atoms with van der Waals surface area (Å²) in [6.07, 6.45) is 5.26. The van der Waals surface area contributed by atoms with Crippen LogP contribution >= 0.6 is 11.8 Å². The largest absolute Gasteiger partial charge is 0.426 e. The summed E-state index contributed by atoms with van der Waals surface area (Å²) < 4.78 is 5.68. The van der Waals surface area contributed by atoms with Crippen LogP contribution < -0.4 is 4.74 Å². The van der Waals surface area contributed by atoms with E-state index in [1.807, 2.05) is 54.2 Å².